The van der Waals surface area contributed by atoms with Gasteiger partial charge in [0, 0.05) is 15.1 Å². The molecule has 0 aliphatic rings. The van der Waals surface area contributed by atoms with E-state index in [1.807, 2.05) is 18.4 Å². The number of amides is 1. The first-order valence-corrected chi connectivity index (χ1v) is 8.11. The Morgan fingerprint density at radius 2 is 2.13 bits per heavy atom. The minimum Gasteiger partial charge on any atom is -0.344 e. The highest BCUT2D eigenvalue weighted by molar-refractivity contribution is 9.10. The molecule has 0 aromatic carbocycles. The fraction of sp³-hybridized carbons (Fsp3) is 0.444. The SMILES string of the molecule is CC(CBr)(CBr)NC(=O)c1sccc1Br. The van der Waals surface area contributed by atoms with Crippen LogP contribution in [0.25, 0.3) is 0 Å². The Balaban J connectivity index is 2.76. The Kier molecular flexibility index (Phi) is 5.28. The Morgan fingerprint density at radius 3 is 2.53 bits per heavy atom. The van der Waals surface area contributed by atoms with Crippen LogP contribution in [0.4, 0.5) is 0 Å². The van der Waals surface area contributed by atoms with Crippen molar-refractivity contribution in [3.8, 4) is 0 Å². The molecule has 1 aromatic rings. The van der Waals surface area contributed by atoms with Gasteiger partial charge in [-0.1, -0.05) is 31.9 Å². The lowest BCUT2D eigenvalue weighted by molar-refractivity contribution is 0.0926. The van der Waals surface area contributed by atoms with Gasteiger partial charge in [0.1, 0.15) is 4.88 Å². The molecule has 0 fully saturated rings. The molecule has 84 valence electrons. The van der Waals surface area contributed by atoms with Crippen LogP contribution in [0.1, 0.15) is 16.6 Å². The highest BCUT2D eigenvalue weighted by Crippen LogP contribution is 2.23. The van der Waals surface area contributed by atoms with E-state index in [1.165, 1.54) is 11.3 Å². The van der Waals surface area contributed by atoms with Crippen molar-refractivity contribution in [1.29, 1.82) is 0 Å². The molecule has 1 heterocycles. The van der Waals surface area contributed by atoms with Crippen molar-refractivity contribution in [2.45, 2.75) is 12.5 Å². The third-order valence-electron chi connectivity index (χ3n) is 1.83. The van der Waals surface area contributed by atoms with E-state index in [4.69, 9.17) is 0 Å². The van der Waals surface area contributed by atoms with E-state index in [9.17, 15) is 4.79 Å². The monoisotopic (exact) mass is 417 g/mol. The number of hydrogen-bond donors (Lipinski definition) is 1. The van der Waals surface area contributed by atoms with Crippen LogP contribution >= 0.6 is 59.1 Å². The van der Waals surface area contributed by atoms with E-state index in [1.54, 1.807) is 0 Å². The number of carbonyl (C=O) groups excluding carboxylic acids is 1. The summed E-state index contributed by atoms with van der Waals surface area (Å²) in [7, 11) is 0. The third-order valence-corrected chi connectivity index (χ3v) is 6.14. The molecule has 0 unspecified atom stereocenters. The lowest BCUT2D eigenvalue weighted by Crippen LogP contribution is -2.48. The van der Waals surface area contributed by atoms with E-state index < -0.39 is 0 Å². The summed E-state index contributed by atoms with van der Waals surface area (Å²) in [6, 6.07) is 1.87. The van der Waals surface area contributed by atoms with Crippen molar-refractivity contribution in [2.75, 3.05) is 10.7 Å². The van der Waals surface area contributed by atoms with Crippen LogP contribution in [0.2, 0.25) is 0 Å². The summed E-state index contributed by atoms with van der Waals surface area (Å²) in [5, 5.41) is 6.29. The van der Waals surface area contributed by atoms with Gasteiger partial charge in [-0.2, -0.15) is 0 Å². The first-order valence-electron chi connectivity index (χ1n) is 4.20. The molecule has 0 saturated heterocycles. The summed E-state index contributed by atoms with van der Waals surface area (Å²) < 4.78 is 0.844. The molecular formula is C9H10Br3NOS. The van der Waals surface area contributed by atoms with E-state index in [-0.39, 0.29) is 11.4 Å². The van der Waals surface area contributed by atoms with Gasteiger partial charge in [-0.25, -0.2) is 0 Å². The first-order chi connectivity index (χ1) is 7.02. The van der Waals surface area contributed by atoms with Crippen molar-refractivity contribution >= 4 is 65.0 Å². The molecular weight excluding hydrogens is 410 g/mol. The number of halogens is 3. The van der Waals surface area contributed by atoms with Crippen LogP contribution in [0.5, 0.6) is 0 Å². The molecule has 15 heavy (non-hydrogen) atoms. The Hall–Kier alpha value is 0.610. The summed E-state index contributed by atoms with van der Waals surface area (Å²) in [5.41, 5.74) is -0.263. The molecule has 0 aliphatic carbocycles. The van der Waals surface area contributed by atoms with Crippen LogP contribution in [-0.4, -0.2) is 22.1 Å². The fourth-order valence-corrected chi connectivity index (χ4v) is 3.54. The molecule has 2 nitrogen and oxygen atoms in total. The largest absolute Gasteiger partial charge is 0.344 e. The molecule has 0 spiro atoms. The highest BCUT2D eigenvalue weighted by Gasteiger charge is 2.25. The van der Waals surface area contributed by atoms with E-state index in [0.717, 1.165) is 4.47 Å². The summed E-state index contributed by atoms with van der Waals surface area (Å²) in [6.45, 7) is 1.98. The second-order valence-electron chi connectivity index (χ2n) is 3.38. The number of alkyl halides is 2. The number of rotatable bonds is 4. The van der Waals surface area contributed by atoms with Gasteiger partial charge in [-0.05, 0) is 34.3 Å². The van der Waals surface area contributed by atoms with Gasteiger partial charge in [-0.3, -0.25) is 4.79 Å². The highest BCUT2D eigenvalue weighted by atomic mass is 79.9. The average molecular weight is 420 g/mol. The molecule has 1 aromatic heterocycles. The van der Waals surface area contributed by atoms with Gasteiger partial charge in [0.25, 0.3) is 5.91 Å². The third kappa shape index (κ3) is 3.54. The lowest BCUT2D eigenvalue weighted by atomic mass is 10.1. The Bertz CT molecular complexity index is 349. The molecule has 1 amide bonds. The second-order valence-corrected chi connectivity index (χ2v) is 6.27. The molecule has 6 heteroatoms. The topological polar surface area (TPSA) is 29.1 Å². The van der Waals surface area contributed by atoms with Gasteiger partial charge in [0.2, 0.25) is 0 Å². The zero-order valence-electron chi connectivity index (χ0n) is 8.02. The molecule has 0 saturated carbocycles. The molecule has 0 bridgehead atoms. The van der Waals surface area contributed by atoms with Crippen LogP contribution in [-0.2, 0) is 0 Å². The van der Waals surface area contributed by atoms with E-state index in [0.29, 0.717) is 15.5 Å². The quantitative estimate of drug-likeness (QED) is 0.739. The molecule has 0 radical (unpaired) electrons. The van der Waals surface area contributed by atoms with E-state index >= 15 is 0 Å². The summed E-state index contributed by atoms with van der Waals surface area (Å²) >= 11 is 11.6. The van der Waals surface area contributed by atoms with Crippen molar-refractivity contribution < 1.29 is 4.79 Å². The molecule has 1 N–H and O–H groups in total. The maximum absolute atomic E-state index is 11.9. The molecule has 1 rings (SSSR count). The minimum atomic E-state index is -0.263. The average Bonchev–Trinajstić information content (AvgIpc) is 2.64. The Labute approximate surface area is 118 Å². The standard InChI is InChI=1S/C9H10Br3NOS/c1-9(4-10,5-11)13-8(14)7-6(12)2-3-15-7/h2-3H,4-5H2,1H3,(H,13,14). The number of thiophene rings is 1. The van der Waals surface area contributed by atoms with Crippen molar-refractivity contribution in [1.82, 2.24) is 5.32 Å². The van der Waals surface area contributed by atoms with Crippen LogP contribution in [0.3, 0.4) is 0 Å². The number of carbonyl (C=O) groups is 1. The summed E-state index contributed by atoms with van der Waals surface area (Å²) in [4.78, 5) is 12.6. The normalized spacial score (nSPS) is 11.5. The first kappa shape index (κ1) is 13.7. The number of hydrogen-bond acceptors (Lipinski definition) is 2. The van der Waals surface area contributed by atoms with E-state index in [2.05, 4.69) is 53.1 Å². The molecule has 0 atom stereocenters. The smallest absolute Gasteiger partial charge is 0.262 e. The zero-order valence-corrected chi connectivity index (χ0v) is 13.6. The van der Waals surface area contributed by atoms with Crippen molar-refractivity contribution in [3.05, 3.63) is 20.8 Å². The van der Waals surface area contributed by atoms with Crippen LogP contribution < -0.4 is 5.32 Å². The number of nitrogens with one attached hydrogen (secondary N) is 1. The van der Waals surface area contributed by atoms with Gasteiger partial charge >= 0.3 is 0 Å². The molecule has 0 aliphatic heterocycles. The second kappa shape index (κ2) is 5.80. The van der Waals surface area contributed by atoms with Crippen LogP contribution in [0.15, 0.2) is 15.9 Å². The summed E-state index contributed by atoms with van der Waals surface area (Å²) in [6.07, 6.45) is 0. The van der Waals surface area contributed by atoms with Gasteiger partial charge < -0.3 is 5.32 Å². The summed E-state index contributed by atoms with van der Waals surface area (Å²) in [5.74, 6) is -0.0433. The van der Waals surface area contributed by atoms with Crippen LogP contribution in [0, 0.1) is 0 Å². The van der Waals surface area contributed by atoms with Gasteiger partial charge in [0.15, 0.2) is 0 Å². The predicted octanol–water partition coefficient (Wildman–Crippen LogP) is 3.79. The van der Waals surface area contributed by atoms with Gasteiger partial charge in [-0.15, -0.1) is 11.3 Å². The maximum Gasteiger partial charge on any atom is 0.262 e. The minimum absolute atomic E-state index is 0.0433. The predicted molar refractivity (Wildman–Crippen MR) is 75.5 cm³/mol. The maximum atomic E-state index is 11.9. The Morgan fingerprint density at radius 1 is 1.53 bits per heavy atom. The zero-order chi connectivity index (χ0) is 11.5. The van der Waals surface area contributed by atoms with Crippen molar-refractivity contribution in [3.63, 3.8) is 0 Å². The fourth-order valence-electron chi connectivity index (χ4n) is 0.889. The van der Waals surface area contributed by atoms with Gasteiger partial charge in [0.05, 0.1) is 5.54 Å². The van der Waals surface area contributed by atoms with Crippen molar-refractivity contribution in [2.24, 2.45) is 0 Å². The lowest BCUT2D eigenvalue weighted by Gasteiger charge is -2.26.